The van der Waals surface area contributed by atoms with Crippen LogP contribution >= 0.6 is 11.8 Å². The van der Waals surface area contributed by atoms with Crippen LogP contribution in [0, 0.1) is 22.7 Å². The standard InChI is InChI=1S/C26H26N8O3S/c1-15(29)24(35)33-9-10-37-18-5-3-17(4-6-18)22-19(12-27)23(30)34-26(20(22)13-28)38-14-16-7-8-32-21(11-16)25(36)31-2/h3-8,11,15H,9-10,14,29H2,1-2H3,(H2,30,34)(H,31,36)(H,33,35). The molecule has 0 aliphatic rings. The summed E-state index contributed by atoms with van der Waals surface area (Å²) < 4.78 is 5.65. The van der Waals surface area contributed by atoms with Crippen molar-refractivity contribution in [3.05, 3.63) is 65.0 Å². The van der Waals surface area contributed by atoms with Gasteiger partial charge in [0, 0.05) is 24.6 Å². The van der Waals surface area contributed by atoms with Crippen molar-refractivity contribution in [3.63, 3.8) is 0 Å². The Morgan fingerprint density at radius 1 is 1.16 bits per heavy atom. The summed E-state index contributed by atoms with van der Waals surface area (Å²) in [7, 11) is 1.53. The average Bonchev–Trinajstić information content (AvgIpc) is 2.93. The molecule has 0 aliphatic heterocycles. The number of hydrogen-bond donors (Lipinski definition) is 4. The summed E-state index contributed by atoms with van der Waals surface area (Å²) in [4.78, 5) is 31.8. The molecule has 2 heterocycles. The third-order valence-electron chi connectivity index (χ3n) is 5.30. The zero-order valence-corrected chi connectivity index (χ0v) is 21.6. The highest BCUT2D eigenvalue weighted by Crippen LogP contribution is 2.37. The highest BCUT2D eigenvalue weighted by Gasteiger charge is 2.21. The van der Waals surface area contributed by atoms with Gasteiger partial charge in [0.05, 0.1) is 18.2 Å². The lowest BCUT2D eigenvalue weighted by Gasteiger charge is -2.14. The molecular formula is C26H26N8O3S. The minimum Gasteiger partial charge on any atom is -0.492 e. The second kappa shape index (κ2) is 13.1. The lowest BCUT2D eigenvalue weighted by Crippen LogP contribution is -2.40. The fourth-order valence-electron chi connectivity index (χ4n) is 3.38. The third kappa shape index (κ3) is 6.76. The van der Waals surface area contributed by atoms with E-state index in [9.17, 15) is 20.1 Å². The van der Waals surface area contributed by atoms with Crippen LogP contribution in [0.3, 0.4) is 0 Å². The number of ether oxygens (including phenoxy) is 1. The van der Waals surface area contributed by atoms with Gasteiger partial charge in [-0.15, -0.1) is 11.8 Å². The predicted molar refractivity (Wildman–Crippen MR) is 143 cm³/mol. The second-order valence-corrected chi connectivity index (χ2v) is 8.98. The number of benzene rings is 1. The van der Waals surface area contributed by atoms with E-state index in [1.54, 1.807) is 43.3 Å². The van der Waals surface area contributed by atoms with Crippen molar-refractivity contribution < 1.29 is 14.3 Å². The maximum atomic E-state index is 11.9. The van der Waals surface area contributed by atoms with E-state index in [1.807, 2.05) is 0 Å². The summed E-state index contributed by atoms with van der Waals surface area (Å²) in [5, 5.41) is 25.3. The summed E-state index contributed by atoms with van der Waals surface area (Å²) in [5.74, 6) is 0.374. The van der Waals surface area contributed by atoms with E-state index in [0.717, 1.165) is 5.56 Å². The molecule has 12 heteroatoms. The second-order valence-electron chi connectivity index (χ2n) is 8.02. The molecular weight excluding hydrogens is 504 g/mol. The number of nitrogen functional groups attached to an aromatic ring is 1. The van der Waals surface area contributed by atoms with Crippen LogP contribution in [-0.4, -0.2) is 48.0 Å². The lowest BCUT2D eigenvalue weighted by molar-refractivity contribution is -0.122. The van der Waals surface area contributed by atoms with Crippen molar-refractivity contribution in [2.45, 2.75) is 23.7 Å². The Kier molecular flexibility index (Phi) is 9.60. The van der Waals surface area contributed by atoms with Crippen LogP contribution < -0.4 is 26.8 Å². The number of hydrogen-bond acceptors (Lipinski definition) is 10. The molecule has 0 bridgehead atoms. The number of nitriles is 2. The number of anilines is 1. The monoisotopic (exact) mass is 530 g/mol. The molecule has 6 N–H and O–H groups in total. The molecule has 3 aromatic rings. The number of nitrogens with zero attached hydrogens (tertiary/aromatic N) is 4. The van der Waals surface area contributed by atoms with Crippen molar-refractivity contribution >= 4 is 29.4 Å². The first-order valence-corrected chi connectivity index (χ1v) is 12.5. The topological polar surface area (TPSA) is 193 Å². The maximum absolute atomic E-state index is 11.9. The van der Waals surface area contributed by atoms with E-state index in [0.29, 0.717) is 34.2 Å². The molecule has 0 saturated heterocycles. The van der Waals surface area contributed by atoms with E-state index >= 15 is 0 Å². The molecule has 38 heavy (non-hydrogen) atoms. The summed E-state index contributed by atoms with van der Waals surface area (Å²) in [6.45, 7) is 2.13. The Balaban J connectivity index is 1.83. The Morgan fingerprint density at radius 2 is 1.87 bits per heavy atom. The molecule has 0 saturated carbocycles. The number of nitrogens with one attached hydrogen (secondary N) is 2. The van der Waals surface area contributed by atoms with Gasteiger partial charge in [0.15, 0.2) is 0 Å². The molecule has 1 atom stereocenters. The van der Waals surface area contributed by atoms with Gasteiger partial charge in [-0.3, -0.25) is 14.6 Å². The molecule has 1 unspecified atom stereocenters. The summed E-state index contributed by atoms with van der Waals surface area (Å²) >= 11 is 1.27. The number of nitrogens with two attached hydrogens (primary N) is 2. The van der Waals surface area contributed by atoms with E-state index in [4.69, 9.17) is 16.2 Å². The van der Waals surface area contributed by atoms with Crippen molar-refractivity contribution in [1.82, 2.24) is 20.6 Å². The van der Waals surface area contributed by atoms with Gasteiger partial charge in [0.25, 0.3) is 5.91 Å². The van der Waals surface area contributed by atoms with E-state index < -0.39 is 6.04 Å². The van der Waals surface area contributed by atoms with E-state index in [2.05, 4.69) is 32.7 Å². The van der Waals surface area contributed by atoms with Crippen molar-refractivity contribution in [2.75, 3.05) is 25.9 Å². The molecule has 0 aliphatic carbocycles. The zero-order chi connectivity index (χ0) is 27.7. The first kappa shape index (κ1) is 27.9. The van der Waals surface area contributed by atoms with Crippen LogP contribution in [0.2, 0.25) is 0 Å². The maximum Gasteiger partial charge on any atom is 0.269 e. The Labute approximate surface area is 224 Å². The van der Waals surface area contributed by atoms with E-state index in [1.165, 1.54) is 25.0 Å². The number of thioether (sulfide) groups is 1. The molecule has 11 nitrogen and oxygen atoms in total. The number of amides is 2. The minimum atomic E-state index is -0.599. The molecule has 0 spiro atoms. The first-order valence-electron chi connectivity index (χ1n) is 11.5. The molecule has 2 amide bonds. The van der Waals surface area contributed by atoms with Gasteiger partial charge in [-0.25, -0.2) is 4.98 Å². The van der Waals surface area contributed by atoms with Crippen LogP contribution in [0.4, 0.5) is 5.82 Å². The SMILES string of the molecule is CNC(=O)c1cc(CSc2nc(N)c(C#N)c(-c3ccc(OCCNC(=O)C(C)N)cc3)c2C#N)ccn1. The van der Waals surface area contributed by atoms with Gasteiger partial charge in [-0.05, 0) is 42.3 Å². The smallest absolute Gasteiger partial charge is 0.269 e. The first-order chi connectivity index (χ1) is 18.3. The molecule has 194 valence electrons. The highest BCUT2D eigenvalue weighted by atomic mass is 32.2. The van der Waals surface area contributed by atoms with E-state index in [-0.39, 0.29) is 41.1 Å². The Hall–Kier alpha value is -4.65. The summed E-state index contributed by atoms with van der Waals surface area (Å²) in [6.07, 6.45) is 1.54. The fraction of sp³-hybridized carbons (Fsp3) is 0.231. The third-order valence-corrected chi connectivity index (χ3v) is 6.35. The Morgan fingerprint density at radius 3 is 2.50 bits per heavy atom. The van der Waals surface area contributed by atoms with Crippen LogP contribution in [-0.2, 0) is 10.5 Å². The largest absolute Gasteiger partial charge is 0.492 e. The molecule has 1 aromatic carbocycles. The van der Waals surface area contributed by atoms with Crippen molar-refractivity contribution in [3.8, 4) is 29.0 Å². The normalized spacial score (nSPS) is 11.1. The molecule has 0 fully saturated rings. The van der Waals surface area contributed by atoms with Gasteiger partial charge >= 0.3 is 0 Å². The van der Waals surface area contributed by atoms with Gasteiger partial charge in [0.2, 0.25) is 5.91 Å². The molecule has 2 aromatic heterocycles. The van der Waals surface area contributed by atoms with Gasteiger partial charge in [-0.2, -0.15) is 10.5 Å². The van der Waals surface area contributed by atoms with Crippen molar-refractivity contribution in [1.29, 1.82) is 10.5 Å². The van der Waals surface area contributed by atoms with Gasteiger partial charge in [-0.1, -0.05) is 12.1 Å². The lowest BCUT2D eigenvalue weighted by atomic mass is 9.97. The van der Waals surface area contributed by atoms with Crippen LogP contribution in [0.1, 0.15) is 34.1 Å². The average molecular weight is 531 g/mol. The fourth-order valence-corrected chi connectivity index (χ4v) is 4.32. The van der Waals surface area contributed by atoms with Gasteiger partial charge in [0.1, 0.15) is 46.6 Å². The number of pyridine rings is 2. The summed E-state index contributed by atoms with van der Waals surface area (Å²) in [5.41, 5.74) is 14.0. The number of carbonyl (C=O) groups excluding carboxylic acids is 2. The Bertz CT molecular complexity index is 1410. The predicted octanol–water partition coefficient (Wildman–Crippen LogP) is 1.96. The van der Waals surface area contributed by atoms with Crippen LogP contribution in [0.15, 0.2) is 47.6 Å². The number of carbonyl (C=O) groups is 2. The minimum absolute atomic E-state index is 0.00924. The highest BCUT2D eigenvalue weighted by molar-refractivity contribution is 7.98. The van der Waals surface area contributed by atoms with Crippen LogP contribution in [0.5, 0.6) is 5.75 Å². The molecule has 0 radical (unpaired) electrons. The number of rotatable bonds is 10. The van der Waals surface area contributed by atoms with Crippen molar-refractivity contribution in [2.24, 2.45) is 5.73 Å². The summed E-state index contributed by atoms with van der Waals surface area (Å²) in [6, 6.07) is 13.9. The molecule has 3 rings (SSSR count). The number of aromatic nitrogens is 2. The quantitative estimate of drug-likeness (QED) is 0.222. The van der Waals surface area contributed by atoms with Gasteiger partial charge < -0.3 is 26.8 Å². The van der Waals surface area contributed by atoms with Crippen LogP contribution in [0.25, 0.3) is 11.1 Å². The zero-order valence-electron chi connectivity index (χ0n) is 20.8.